The number of nitrogens with two attached hydrogens (primary N) is 1. The molecule has 0 saturated heterocycles. The number of pyridine rings is 1. The Morgan fingerprint density at radius 1 is 1.20 bits per heavy atom. The van der Waals surface area contributed by atoms with E-state index in [0.29, 0.717) is 29.5 Å². The van der Waals surface area contributed by atoms with Gasteiger partial charge in [0.25, 0.3) is 0 Å². The van der Waals surface area contributed by atoms with Crippen molar-refractivity contribution in [2.75, 3.05) is 6.61 Å². The van der Waals surface area contributed by atoms with Gasteiger partial charge in [-0.1, -0.05) is 19.1 Å². The van der Waals surface area contributed by atoms with E-state index in [-0.39, 0.29) is 5.84 Å². The second kappa shape index (κ2) is 6.56. The summed E-state index contributed by atoms with van der Waals surface area (Å²) in [5.41, 5.74) is 5.94. The molecule has 3 N–H and O–H groups in total. The lowest BCUT2D eigenvalue weighted by Gasteiger charge is -2.11. The van der Waals surface area contributed by atoms with Crippen LogP contribution in [0, 0.1) is 5.41 Å². The maximum atomic E-state index is 7.31. The Morgan fingerprint density at radius 3 is 2.55 bits per heavy atom. The number of ether oxygens (including phenoxy) is 2. The van der Waals surface area contributed by atoms with Gasteiger partial charge in [-0.05, 0) is 24.6 Å². The van der Waals surface area contributed by atoms with E-state index < -0.39 is 0 Å². The minimum atomic E-state index is -0.0178. The van der Waals surface area contributed by atoms with Gasteiger partial charge in [-0.15, -0.1) is 0 Å². The van der Waals surface area contributed by atoms with Gasteiger partial charge in [0, 0.05) is 17.8 Å². The van der Waals surface area contributed by atoms with Crippen LogP contribution in [-0.4, -0.2) is 17.4 Å². The van der Waals surface area contributed by atoms with Crippen LogP contribution in [0.2, 0.25) is 0 Å². The molecule has 1 aromatic heterocycles. The molecule has 5 nitrogen and oxygen atoms in total. The summed E-state index contributed by atoms with van der Waals surface area (Å²) < 4.78 is 11.3. The van der Waals surface area contributed by atoms with Gasteiger partial charge in [0.15, 0.2) is 11.5 Å². The average molecular weight is 271 g/mol. The summed E-state index contributed by atoms with van der Waals surface area (Å²) in [6.45, 7) is 2.68. The highest BCUT2D eigenvalue weighted by Crippen LogP contribution is 2.30. The highest BCUT2D eigenvalue weighted by atomic mass is 16.5. The maximum Gasteiger partial charge on any atom is 0.219 e. The molecule has 20 heavy (non-hydrogen) atoms. The smallest absolute Gasteiger partial charge is 0.219 e. The monoisotopic (exact) mass is 271 g/mol. The van der Waals surface area contributed by atoms with Crippen LogP contribution in [0.15, 0.2) is 42.6 Å². The fraction of sp³-hybridized carbons (Fsp3) is 0.200. The molecule has 0 saturated carbocycles. The molecule has 1 heterocycles. The molecule has 0 radical (unpaired) electrons. The van der Waals surface area contributed by atoms with E-state index in [9.17, 15) is 0 Å². The first kappa shape index (κ1) is 13.9. The van der Waals surface area contributed by atoms with Crippen molar-refractivity contribution in [3.8, 4) is 17.4 Å². The Bertz CT molecular complexity index is 582. The molecule has 0 bridgehead atoms. The number of amidine groups is 1. The molecule has 0 aliphatic carbocycles. The van der Waals surface area contributed by atoms with Crippen molar-refractivity contribution in [1.29, 1.82) is 5.41 Å². The molecule has 0 aliphatic heterocycles. The van der Waals surface area contributed by atoms with Crippen molar-refractivity contribution < 1.29 is 9.47 Å². The minimum absolute atomic E-state index is 0.0178. The van der Waals surface area contributed by atoms with Crippen LogP contribution in [0.3, 0.4) is 0 Å². The van der Waals surface area contributed by atoms with Crippen molar-refractivity contribution >= 4 is 5.84 Å². The summed E-state index contributed by atoms with van der Waals surface area (Å²) in [7, 11) is 0. The number of hydrogen-bond donors (Lipinski definition) is 2. The number of nitrogens with zero attached hydrogens (tertiary/aromatic N) is 1. The van der Waals surface area contributed by atoms with Crippen LogP contribution >= 0.6 is 0 Å². The summed E-state index contributed by atoms with van der Waals surface area (Å²) in [5.74, 6) is 1.72. The van der Waals surface area contributed by atoms with E-state index in [1.54, 1.807) is 12.1 Å². The molecule has 1 aromatic carbocycles. The third kappa shape index (κ3) is 3.47. The van der Waals surface area contributed by atoms with Crippen molar-refractivity contribution in [1.82, 2.24) is 4.98 Å². The summed E-state index contributed by atoms with van der Waals surface area (Å²) >= 11 is 0. The molecule has 0 amide bonds. The molecule has 104 valence electrons. The molecule has 2 aromatic rings. The maximum absolute atomic E-state index is 7.31. The Hall–Kier alpha value is -2.56. The Labute approximate surface area is 117 Å². The van der Waals surface area contributed by atoms with Crippen molar-refractivity contribution in [2.24, 2.45) is 5.73 Å². The highest BCUT2D eigenvalue weighted by molar-refractivity contribution is 5.94. The summed E-state index contributed by atoms with van der Waals surface area (Å²) in [4.78, 5) is 4.12. The number of hydrogen-bond acceptors (Lipinski definition) is 4. The lowest BCUT2D eigenvalue weighted by molar-refractivity contribution is 0.301. The average Bonchev–Trinajstić information content (AvgIpc) is 2.47. The number of benzene rings is 1. The second-order valence-corrected chi connectivity index (χ2v) is 4.20. The van der Waals surface area contributed by atoms with Gasteiger partial charge >= 0.3 is 0 Å². The summed E-state index contributed by atoms with van der Waals surface area (Å²) in [5, 5.41) is 7.31. The minimum Gasteiger partial charge on any atom is -0.490 e. The van der Waals surface area contributed by atoms with Crippen LogP contribution in [0.1, 0.15) is 18.9 Å². The zero-order valence-corrected chi connectivity index (χ0v) is 11.3. The van der Waals surface area contributed by atoms with Crippen LogP contribution in [0.4, 0.5) is 0 Å². The van der Waals surface area contributed by atoms with Crippen LogP contribution < -0.4 is 15.2 Å². The van der Waals surface area contributed by atoms with Crippen LogP contribution in [0.25, 0.3) is 0 Å². The fourth-order valence-electron chi connectivity index (χ4n) is 1.58. The Morgan fingerprint density at radius 2 is 1.95 bits per heavy atom. The first-order valence-corrected chi connectivity index (χ1v) is 6.41. The molecule has 0 atom stereocenters. The first-order chi connectivity index (χ1) is 9.70. The zero-order valence-electron chi connectivity index (χ0n) is 11.3. The molecule has 5 heteroatoms. The Balaban J connectivity index is 2.14. The highest BCUT2D eigenvalue weighted by Gasteiger charge is 2.06. The standard InChI is InChI=1S/C15H17N3O2/c1-2-9-19-12-5-3-4-6-13(12)20-14-8-7-11(10-18-14)15(16)17/h3-8,10H,2,9H2,1H3,(H3,16,17). The number of para-hydroxylation sites is 2. The van der Waals surface area contributed by atoms with Crippen LogP contribution in [-0.2, 0) is 0 Å². The third-order valence-corrected chi connectivity index (χ3v) is 2.57. The van der Waals surface area contributed by atoms with E-state index in [1.165, 1.54) is 6.20 Å². The molecule has 2 rings (SSSR count). The molecule has 0 aliphatic rings. The van der Waals surface area contributed by atoms with E-state index in [2.05, 4.69) is 4.98 Å². The van der Waals surface area contributed by atoms with Gasteiger partial charge in [-0.2, -0.15) is 0 Å². The number of aromatic nitrogens is 1. The predicted molar refractivity (Wildman–Crippen MR) is 77.6 cm³/mol. The number of rotatable bonds is 6. The number of nitrogen functional groups attached to an aromatic ring is 1. The second-order valence-electron chi connectivity index (χ2n) is 4.20. The first-order valence-electron chi connectivity index (χ1n) is 6.41. The lowest BCUT2D eigenvalue weighted by atomic mass is 10.2. The molecule has 0 unspecified atom stereocenters. The summed E-state index contributed by atoms with van der Waals surface area (Å²) in [6.07, 6.45) is 2.44. The van der Waals surface area contributed by atoms with Gasteiger partial charge in [0.1, 0.15) is 5.84 Å². The largest absolute Gasteiger partial charge is 0.490 e. The topological polar surface area (TPSA) is 81.2 Å². The predicted octanol–water partition coefficient (Wildman–Crippen LogP) is 2.95. The SMILES string of the molecule is CCCOc1ccccc1Oc1ccc(C(=N)N)cn1. The van der Waals surface area contributed by atoms with E-state index >= 15 is 0 Å². The summed E-state index contributed by atoms with van der Waals surface area (Å²) in [6, 6.07) is 10.8. The van der Waals surface area contributed by atoms with Crippen LogP contribution in [0.5, 0.6) is 17.4 Å². The van der Waals surface area contributed by atoms with Gasteiger partial charge in [0.2, 0.25) is 5.88 Å². The molecular weight excluding hydrogens is 254 g/mol. The zero-order chi connectivity index (χ0) is 14.4. The van der Waals surface area contributed by atoms with E-state index in [0.717, 1.165) is 6.42 Å². The molecular formula is C15H17N3O2. The quantitative estimate of drug-likeness (QED) is 0.625. The lowest BCUT2D eigenvalue weighted by Crippen LogP contribution is -2.11. The normalized spacial score (nSPS) is 10.1. The van der Waals surface area contributed by atoms with Gasteiger partial charge in [-0.3, -0.25) is 5.41 Å². The van der Waals surface area contributed by atoms with E-state index in [4.69, 9.17) is 20.6 Å². The molecule has 0 spiro atoms. The van der Waals surface area contributed by atoms with Crippen molar-refractivity contribution in [2.45, 2.75) is 13.3 Å². The fourth-order valence-corrected chi connectivity index (χ4v) is 1.58. The molecule has 0 fully saturated rings. The van der Waals surface area contributed by atoms with Gasteiger partial charge in [0.05, 0.1) is 6.61 Å². The Kier molecular flexibility index (Phi) is 4.55. The number of nitrogens with one attached hydrogen (secondary N) is 1. The van der Waals surface area contributed by atoms with Gasteiger partial charge < -0.3 is 15.2 Å². The van der Waals surface area contributed by atoms with Gasteiger partial charge in [-0.25, -0.2) is 4.98 Å². The van der Waals surface area contributed by atoms with E-state index in [1.807, 2.05) is 31.2 Å². The van der Waals surface area contributed by atoms with Crippen molar-refractivity contribution in [3.63, 3.8) is 0 Å². The third-order valence-electron chi connectivity index (χ3n) is 2.57. The van der Waals surface area contributed by atoms with Crippen molar-refractivity contribution in [3.05, 3.63) is 48.2 Å².